The molecule has 4 rings (SSSR count). The fourth-order valence-electron chi connectivity index (χ4n) is 2.71. The summed E-state index contributed by atoms with van der Waals surface area (Å²) in [5, 5.41) is 14.5. The first kappa shape index (κ1) is 21.7. The average molecular weight is 490 g/mol. The number of fused-ring (bicyclic) bond motifs is 1. The van der Waals surface area contributed by atoms with Gasteiger partial charge in [-0.3, -0.25) is 20.2 Å². The van der Waals surface area contributed by atoms with Crippen LogP contribution in [0.15, 0.2) is 71.6 Å². The number of hydrogen-bond acceptors (Lipinski definition) is 8. The van der Waals surface area contributed by atoms with Gasteiger partial charge in [-0.2, -0.15) is 8.42 Å². The Balaban J connectivity index is 1.47. The van der Waals surface area contributed by atoms with Crippen molar-refractivity contribution in [1.82, 2.24) is 4.98 Å². The van der Waals surface area contributed by atoms with E-state index >= 15 is 0 Å². The summed E-state index contributed by atoms with van der Waals surface area (Å²) in [4.78, 5) is 26.6. The molecule has 162 valence electrons. The van der Waals surface area contributed by atoms with Gasteiger partial charge in [-0.25, -0.2) is 4.98 Å². The van der Waals surface area contributed by atoms with Gasteiger partial charge in [0.15, 0.2) is 5.13 Å². The molecular weight excluding hydrogens is 478 g/mol. The molecule has 0 unspecified atom stereocenters. The molecule has 12 heteroatoms. The third-order valence-corrected chi connectivity index (χ3v) is 6.62. The predicted octanol–water partition coefficient (Wildman–Crippen LogP) is 4.88. The fraction of sp³-hybridized carbons (Fsp3) is 0. The van der Waals surface area contributed by atoms with Gasteiger partial charge in [0.05, 0.1) is 15.1 Å². The van der Waals surface area contributed by atoms with E-state index in [0.717, 1.165) is 10.8 Å². The minimum Gasteiger partial charge on any atom is -0.379 e. The number of hydrogen-bond donors (Lipinski definition) is 1. The first-order valence-electron chi connectivity index (χ1n) is 8.88. The van der Waals surface area contributed by atoms with Crippen LogP contribution in [0.2, 0.25) is 5.02 Å². The van der Waals surface area contributed by atoms with Crippen LogP contribution in [-0.4, -0.2) is 24.2 Å². The Hall–Kier alpha value is -3.54. The molecule has 1 amide bonds. The molecule has 0 bridgehead atoms. The molecule has 0 aliphatic rings. The number of nitrogens with one attached hydrogen (secondary N) is 1. The lowest BCUT2D eigenvalue weighted by Gasteiger charge is -2.08. The van der Waals surface area contributed by atoms with E-state index in [9.17, 15) is 23.3 Å². The molecule has 1 N–H and O–H groups in total. The van der Waals surface area contributed by atoms with Crippen molar-refractivity contribution in [2.45, 2.75) is 4.90 Å². The number of carbonyl (C=O) groups excluding carboxylic acids is 1. The van der Waals surface area contributed by atoms with Gasteiger partial charge in [-0.1, -0.05) is 29.0 Å². The van der Waals surface area contributed by atoms with Gasteiger partial charge < -0.3 is 4.18 Å². The van der Waals surface area contributed by atoms with E-state index < -0.39 is 20.9 Å². The molecule has 0 saturated heterocycles. The fourth-order valence-corrected chi connectivity index (χ4v) is 4.82. The highest BCUT2D eigenvalue weighted by molar-refractivity contribution is 7.87. The van der Waals surface area contributed by atoms with Gasteiger partial charge in [0.2, 0.25) is 0 Å². The molecule has 1 aromatic heterocycles. The van der Waals surface area contributed by atoms with Crippen LogP contribution >= 0.6 is 22.9 Å². The molecule has 9 nitrogen and oxygen atoms in total. The number of aromatic nitrogens is 1. The zero-order valence-electron chi connectivity index (χ0n) is 15.9. The number of halogens is 1. The molecule has 0 saturated carbocycles. The summed E-state index contributed by atoms with van der Waals surface area (Å²) in [7, 11) is -4.29. The van der Waals surface area contributed by atoms with E-state index in [1.54, 1.807) is 18.2 Å². The van der Waals surface area contributed by atoms with Crippen molar-refractivity contribution in [3.05, 3.63) is 87.4 Å². The second-order valence-electron chi connectivity index (χ2n) is 6.40. The quantitative estimate of drug-likeness (QED) is 0.232. The third kappa shape index (κ3) is 4.69. The van der Waals surface area contributed by atoms with Crippen LogP contribution in [0.5, 0.6) is 5.75 Å². The molecule has 32 heavy (non-hydrogen) atoms. The SMILES string of the molecule is O=C(Nc1nc2ccc(Cl)cc2s1)c1ccc(OS(=O)(=O)c2cccc([N+](=O)[O-])c2)cc1. The summed E-state index contributed by atoms with van der Waals surface area (Å²) in [6.07, 6.45) is 0. The molecular formula is C20H12ClN3O6S2. The number of carbonyl (C=O) groups is 1. The standard InChI is InChI=1S/C20H12ClN3O6S2/c21-13-6-9-17-18(10-13)31-20(22-17)23-19(25)12-4-7-15(8-5-12)30-32(28,29)16-3-1-2-14(11-16)24(26)27/h1-11H,(H,22,23,25). The number of amides is 1. The number of non-ortho nitro benzene ring substituents is 1. The molecule has 3 aromatic carbocycles. The number of nitro groups is 1. The van der Waals surface area contributed by atoms with E-state index in [0.29, 0.717) is 15.7 Å². The van der Waals surface area contributed by atoms with Crippen molar-refractivity contribution >= 4 is 60.0 Å². The summed E-state index contributed by atoms with van der Waals surface area (Å²) in [6.45, 7) is 0. The first-order chi connectivity index (χ1) is 15.2. The van der Waals surface area contributed by atoms with Crippen molar-refractivity contribution in [3.63, 3.8) is 0 Å². The van der Waals surface area contributed by atoms with Crippen molar-refractivity contribution < 1.29 is 22.3 Å². The topological polar surface area (TPSA) is 128 Å². The maximum absolute atomic E-state index is 12.5. The van der Waals surface area contributed by atoms with Crippen LogP contribution in [0.1, 0.15) is 10.4 Å². The van der Waals surface area contributed by atoms with Gasteiger partial charge >= 0.3 is 10.1 Å². The molecule has 0 radical (unpaired) electrons. The molecule has 4 aromatic rings. The number of rotatable bonds is 6. The molecule has 0 aliphatic heterocycles. The van der Waals surface area contributed by atoms with E-state index in [1.807, 2.05) is 0 Å². The Morgan fingerprint density at radius 2 is 1.84 bits per heavy atom. The Morgan fingerprint density at radius 1 is 1.09 bits per heavy atom. The van der Waals surface area contributed by atoms with E-state index in [-0.39, 0.29) is 21.9 Å². The Kier molecular flexibility index (Phi) is 5.78. The van der Waals surface area contributed by atoms with E-state index in [2.05, 4.69) is 10.3 Å². The third-order valence-electron chi connectivity index (χ3n) is 4.21. The number of anilines is 1. The predicted molar refractivity (Wildman–Crippen MR) is 120 cm³/mol. The van der Waals surface area contributed by atoms with Crippen LogP contribution < -0.4 is 9.50 Å². The number of nitro benzene ring substituents is 1. The Bertz CT molecular complexity index is 1450. The highest BCUT2D eigenvalue weighted by atomic mass is 35.5. The minimum atomic E-state index is -4.29. The summed E-state index contributed by atoms with van der Waals surface area (Å²) in [5.41, 5.74) is 0.575. The smallest absolute Gasteiger partial charge is 0.339 e. The second kappa shape index (κ2) is 8.54. The van der Waals surface area contributed by atoms with E-state index in [4.69, 9.17) is 15.8 Å². The second-order valence-corrected chi connectivity index (χ2v) is 9.41. The highest BCUT2D eigenvalue weighted by Gasteiger charge is 2.20. The lowest BCUT2D eigenvalue weighted by molar-refractivity contribution is -0.385. The van der Waals surface area contributed by atoms with Crippen molar-refractivity contribution in [3.8, 4) is 5.75 Å². The van der Waals surface area contributed by atoms with Gasteiger partial charge in [0.1, 0.15) is 10.6 Å². The summed E-state index contributed by atoms with van der Waals surface area (Å²) >= 11 is 7.22. The summed E-state index contributed by atoms with van der Waals surface area (Å²) < 4.78 is 30.7. The van der Waals surface area contributed by atoms with Crippen LogP contribution in [0, 0.1) is 10.1 Å². The molecule has 0 fully saturated rings. The van der Waals surface area contributed by atoms with Crippen molar-refractivity contribution in [1.29, 1.82) is 0 Å². The van der Waals surface area contributed by atoms with Gasteiger partial charge in [-0.05, 0) is 48.5 Å². The van der Waals surface area contributed by atoms with Crippen LogP contribution in [0.4, 0.5) is 10.8 Å². The average Bonchev–Trinajstić information content (AvgIpc) is 3.15. The normalized spacial score (nSPS) is 11.3. The minimum absolute atomic E-state index is 0.0531. The largest absolute Gasteiger partial charge is 0.379 e. The highest BCUT2D eigenvalue weighted by Crippen LogP contribution is 2.29. The Morgan fingerprint density at radius 3 is 2.56 bits per heavy atom. The monoisotopic (exact) mass is 489 g/mol. The summed E-state index contributed by atoms with van der Waals surface area (Å²) in [5.74, 6) is -0.495. The molecule has 0 atom stereocenters. The molecule has 0 aliphatic carbocycles. The molecule has 1 heterocycles. The van der Waals surface area contributed by atoms with Gasteiger partial charge in [-0.15, -0.1) is 0 Å². The van der Waals surface area contributed by atoms with Crippen molar-refractivity contribution in [2.75, 3.05) is 5.32 Å². The molecule has 0 spiro atoms. The summed E-state index contributed by atoms with van der Waals surface area (Å²) in [6, 6.07) is 15.1. The zero-order chi connectivity index (χ0) is 22.9. The maximum Gasteiger partial charge on any atom is 0.339 e. The van der Waals surface area contributed by atoms with Crippen LogP contribution in [-0.2, 0) is 10.1 Å². The number of thiazole rings is 1. The first-order valence-corrected chi connectivity index (χ1v) is 11.5. The van der Waals surface area contributed by atoms with Gasteiger partial charge in [0.25, 0.3) is 11.6 Å². The van der Waals surface area contributed by atoms with Gasteiger partial charge in [0, 0.05) is 22.7 Å². The maximum atomic E-state index is 12.5. The lowest BCUT2D eigenvalue weighted by Crippen LogP contribution is -2.12. The number of nitrogens with zero attached hydrogens (tertiary/aromatic N) is 2. The van der Waals surface area contributed by atoms with Crippen LogP contribution in [0.3, 0.4) is 0 Å². The lowest BCUT2D eigenvalue weighted by atomic mass is 10.2. The Labute approximate surface area is 190 Å². The van der Waals surface area contributed by atoms with Crippen LogP contribution in [0.25, 0.3) is 10.2 Å². The van der Waals surface area contributed by atoms with E-state index in [1.165, 1.54) is 53.8 Å². The number of benzene rings is 3. The zero-order valence-corrected chi connectivity index (χ0v) is 18.3. The van der Waals surface area contributed by atoms with Crippen molar-refractivity contribution in [2.24, 2.45) is 0 Å².